The van der Waals surface area contributed by atoms with Crippen molar-refractivity contribution < 1.29 is 4.39 Å². The van der Waals surface area contributed by atoms with Gasteiger partial charge in [-0.2, -0.15) is 0 Å². The van der Waals surface area contributed by atoms with E-state index in [0.29, 0.717) is 0 Å². The molecule has 21 heavy (non-hydrogen) atoms. The SMILES string of the molecule is Cl.Fc1ccc([C@H](c2cccs2)N2CCNCC2)cc1Cl. The van der Waals surface area contributed by atoms with Gasteiger partial charge in [0, 0.05) is 31.1 Å². The van der Waals surface area contributed by atoms with Crippen molar-refractivity contribution in [3.8, 4) is 0 Å². The lowest BCUT2D eigenvalue weighted by Gasteiger charge is -2.34. The van der Waals surface area contributed by atoms with E-state index in [4.69, 9.17) is 11.6 Å². The topological polar surface area (TPSA) is 15.3 Å². The molecule has 1 aromatic heterocycles. The minimum absolute atomic E-state index is 0. The molecule has 0 unspecified atom stereocenters. The summed E-state index contributed by atoms with van der Waals surface area (Å²) in [7, 11) is 0. The maximum atomic E-state index is 13.4. The Kier molecular flexibility index (Phi) is 6.02. The van der Waals surface area contributed by atoms with Gasteiger partial charge in [-0.15, -0.1) is 23.7 Å². The van der Waals surface area contributed by atoms with Crippen LogP contribution in [0.3, 0.4) is 0 Å². The van der Waals surface area contributed by atoms with Gasteiger partial charge in [-0.05, 0) is 29.1 Å². The van der Waals surface area contributed by atoms with Gasteiger partial charge in [0.25, 0.3) is 0 Å². The molecule has 0 amide bonds. The van der Waals surface area contributed by atoms with Crippen molar-refractivity contribution in [3.05, 3.63) is 57.0 Å². The predicted octanol–water partition coefficient (Wildman–Crippen LogP) is 3.96. The monoisotopic (exact) mass is 346 g/mol. The van der Waals surface area contributed by atoms with Crippen molar-refractivity contribution in [3.63, 3.8) is 0 Å². The summed E-state index contributed by atoms with van der Waals surface area (Å²) in [4.78, 5) is 3.70. The maximum Gasteiger partial charge on any atom is 0.141 e. The van der Waals surface area contributed by atoms with Crippen LogP contribution in [0.2, 0.25) is 5.02 Å². The molecule has 2 heterocycles. The first-order valence-corrected chi connectivity index (χ1v) is 7.94. The highest BCUT2D eigenvalue weighted by molar-refractivity contribution is 7.10. The average molecular weight is 347 g/mol. The van der Waals surface area contributed by atoms with Gasteiger partial charge in [0.1, 0.15) is 5.82 Å². The van der Waals surface area contributed by atoms with Crippen LogP contribution in [0.5, 0.6) is 0 Å². The lowest BCUT2D eigenvalue weighted by Crippen LogP contribution is -2.45. The van der Waals surface area contributed by atoms with Crippen molar-refractivity contribution in [2.24, 2.45) is 0 Å². The second kappa shape index (κ2) is 7.56. The molecule has 6 heteroatoms. The van der Waals surface area contributed by atoms with Crippen LogP contribution >= 0.6 is 35.3 Å². The molecule has 3 rings (SSSR count). The number of piperazine rings is 1. The molecule has 1 fully saturated rings. The number of hydrogen-bond acceptors (Lipinski definition) is 3. The highest BCUT2D eigenvalue weighted by Crippen LogP contribution is 2.33. The predicted molar refractivity (Wildman–Crippen MR) is 89.3 cm³/mol. The molecule has 1 saturated heterocycles. The van der Waals surface area contributed by atoms with E-state index in [0.717, 1.165) is 31.7 Å². The molecule has 0 bridgehead atoms. The van der Waals surface area contributed by atoms with Gasteiger partial charge in [0.05, 0.1) is 11.1 Å². The largest absolute Gasteiger partial charge is 0.314 e. The molecule has 1 aliphatic heterocycles. The van der Waals surface area contributed by atoms with Crippen LogP contribution in [0.1, 0.15) is 16.5 Å². The van der Waals surface area contributed by atoms with E-state index in [2.05, 4.69) is 27.7 Å². The Balaban J connectivity index is 0.00000161. The third kappa shape index (κ3) is 3.76. The summed E-state index contributed by atoms with van der Waals surface area (Å²) in [5.41, 5.74) is 1.06. The molecule has 114 valence electrons. The van der Waals surface area contributed by atoms with Gasteiger partial charge in [-0.3, -0.25) is 4.90 Å². The van der Waals surface area contributed by atoms with Crippen molar-refractivity contribution in [1.29, 1.82) is 0 Å². The van der Waals surface area contributed by atoms with Crippen LogP contribution in [0.25, 0.3) is 0 Å². The Labute approximate surface area is 139 Å². The zero-order chi connectivity index (χ0) is 13.9. The molecule has 0 aliphatic carbocycles. The van der Waals surface area contributed by atoms with Crippen LogP contribution in [0.4, 0.5) is 4.39 Å². The van der Waals surface area contributed by atoms with E-state index in [-0.39, 0.29) is 29.3 Å². The molecule has 0 radical (unpaired) electrons. The van der Waals surface area contributed by atoms with Crippen molar-refractivity contribution in [2.45, 2.75) is 6.04 Å². The number of hydrogen-bond donors (Lipinski definition) is 1. The molecule has 2 aromatic rings. The smallest absolute Gasteiger partial charge is 0.141 e. The standard InChI is InChI=1S/C15H16ClFN2S.ClH/c16-12-10-11(3-4-13(12)17)15(14-2-1-9-20-14)19-7-5-18-6-8-19;/h1-4,9-10,15,18H,5-8H2;1H/t15-;/m1./s1. The lowest BCUT2D eigenvalue weighted by atomic mass is 10.0. The first kappa shape index (κ1) is 16.7. The van der Waals surface area contributed by atoms with Gasteiger partial charge in [-0.1, -0.05) is 23.7 Å². The second-order valence-corrected chi connectivity index (χ2v) is 6.26. The number of rotatable bonds is 3. The van der Waals surface area contributed by atoms with E-state index in [1.165, 1.54) is 10.9 Å². The zero-order valence-electron chi connectivity index (χ0n) is 11.4. The Bertz CT molecular complexity index is 571. The van der Waals surface area contributed by atoms with E-state index < -0.39 is 0 Å². The quantitative estimate of drug-likeness (QED) is 0.904. The Hall–Kier alpha value is -0.650. The van der Waals surface area contributed by atoms with E-state index in [1.54, 1.807) is 17.4 Å². The Morgan fingerprint density at radius 2 is 2.00 bits per heavy atom. The van der Waals surface area contributed by atoms with E-state index in [9.17, 15) is 4.39 Å². The third-order valence-corrected chi connectivity index (χ3v) is 4.80. The first-order valence-electron chi connectivity index (χ1n) is 6.69. The number of benzene rings is 1. The zero-order valence-corrected chi connectivity index (χ0v) is 13.8. The van der Waals surface area contributed by atoms with Gasteiger partial charge in [-0.25, -0.2) is 4.39 Å². The summed E-state index contributed by atoms with van der Waals surface area (Å²) >= 11 is 7.69. The van der Waals surface area contributed by atoms with Crippen LogP contribution in [-0.2, 0) is 0 Å². The van der Waals surface area contributed by atoms with Crippen LogP contribution in [0, 0.1) is 5.82 Å². The second-order valence-electron chi connectivity index (χ2n) is 4.88. The molecule has 1 atom stereocenters. The normalized spacial score (nSPS) is 17.2. The fraction of sp³-hybridized carbons (Fsp3) is 0.333. The van der Waals surface area contributed by atoms with Crippen LogP contribution in [0.15, 0.2) is 35.7 Å². The number of thiophene rings is 1. The summed E-state index contributed by atoms with van der Waals surface area (Å²) < 4.78 is 13.4. The Morgan fingerprint density at radius 1 is 1.24 bits per heavy atom. The van der Waals surface area contributed by atoms with E-state index in [1.807, 2.05) is 6.07 Å². The van der Waals surface area contributed by atoms with Gasteiger partial charge < -0.3 is 5.32 Å². The van der Waals surface area contributed by atoms with Crippen LogP contribution < -0.4 is 5.32 Å². The molecule has 2 nitrogen and oxygen atoms in total. The summed E-state index contributed by atoms with van der Waals surface area (Å²) in [6, 6.07) is 9.40. The molecule has 0 spiro atoms. The highest BCUT2D eigenvalue weighted by atomic mass is 35.5. The molecular weight excluding hydrogens is 330 g/mol. The van der Waals surface area contributed by atoms with Crippen molar-refractivity contribution >= 4 is 35.3 Å². The van der Waals surface area contributed by atoms with Gasteiger partial charge in [0.15, 0.2) is 0 Å². The van der Waals surface area contributed by atoms with E-state index >= 15 is 0 Å². The minimum Gasteiger partial charge on any atom is -0.314 e. The maximum absolute atomic E-state index is 13.4. The van der Waals surface area contributed by atoms with Gasteiger partial charge >= 0.3 is 0 Å². The average Bonchev–Trinajstić information content (AvgIpc) is 2.98. The molecule has 0 saturated carbocycles. The molecule has 1 aliphatic rings. The number of nitrogens with one attached hydrogen (secondary N) is 1. The van der Waals surface area contributed by atoms with Gasteiger partial charge in [0.2, 0.25) is 0 Å². The van der Waals surface area contributed by atoms with Crippen molar-refractivity contribution in [1.82, 2.24) is 10.2 Å². The fourth-order valence-electron chi connectivity index (χ4n) is 2.62. The molecule has 1 N–H and O–H groups in total. The first-order chi connectivity index (χ1) is 9.75. The highest BCUT2D eigenvalue weighted by Gasteiger charge is 2.25. The summed E-state index contributed by atoms with van der Waals surface area (Å²) in [6.45, 7) is 3.93. The fourth-order valence-corrected chi connectivity index (χ4v) is 3.70. The summed E-state index contributed by atoms with van der Waals surface area (Å²) in [5.74, 6) is -0.361. The van der Waals surface area contributed by atoms with Crippen molar-refractivity contribution in [2.75, 3.05) is 26.2 Å². The van der Waals surface area contributed by atoms with Crippen LogP contribution in [-0.4, -0.2) is 31.1 Å². The number of nitrogens with zero attached hydrogens (tertiary/aromatic N) is 1. The molecule has 1 aromatic carbocycles. The summed E-state index contributed by atoms with van der Waals surface area (Å²) in [6.07, 6.45) is 0. The third-order valence-electron chi connectivity index (χ3n) is 3.59. The molecular formula is C15H17Cl2FN2S. The lowest BCUT2D eigenvalue weighted by molar-refractivity contribution is 0.200. The Morgan fingerprint density at radius 3 is 2.62 bits per heavy atom. The number of halogens is 3. The summed E-state index contributed by atoms with van der Waals surface area (Å²) in [5, 5.41) is 5.64. The minimum atomic E-state index is -0.361.